The van der Waals surface area contributed by atoms with E-state index in [2.05, 4.69) is 9.64 Å². The van der Waals surface area contributed by atoms with E-state index in [0.717, 1.165) is 38.8 Å². The van der Waals surface area contributed by atoms with Crippen LogP contribution < -0.4 is 0 Å². The van der Waals surface area contributed by atoms with Gasteiger partial charge in [-0.05, 0) is 31.6 Å². The maximum atomic E-state index is 13.7. The van der Waals surface area contributed by atoms with Crippen molar-refractivity contribution in [2.45, 2.75) is 50.4 Å². The fourth-order valence-electron chi connectivity index (χ4n) is 3.79. The number of hydrogen-bond acceptors (Lipinski definition) is 4. The van der Waals surface area contributed by atoms with Gasteiger partial charge in [0.15, 0.2) is 0 Å². The van der Waals surface area contributed by atoms with Gasteiger partial charge in [0.2, 0.25) is 12.1 Å². The van der Waals surface area contributed by atoms with Crippen LogP contribution in [0.5, 0.6) is 0 Å². The van der Waals surface area contributed by atoms with Crippen molar-refractivity contribution in [1.82, 2.24) is 9.80 Å². The average molecular weight is 298 g/mol. The van der Waals surface area contributed by atoms with Crippen LogP contribution in [0.2, 0.25) is 0 Å². The summed E-state index contributed by atoms with van der Waals surface area (Å²) in [4.78, 5) is 27.4. The number of carbonyl (C=O) groups excluding carboxylic acids is 2. The van der Waals surface area contributed by atoms with Gasteiger partial charge >= 0.3 is 5.97 Å². The number of amides is 1. The average Bonchev–Trinajstić information content (AvgIpc) is 3.31. The highest BCUT2D eigenvalue weighted by molar-refractivity contribution is 5.78. The first kappa shape index (κ1) is 14.8. The van der Waals surface area contributed by atoms with E-state index in [1.54, 1.807) is 0 Å². The lowest BCUT2D eigenvalue weighted by Crippen LogP contribution is -2.57. The summed E-state index contributed by atoms with van der Waals surface area (Å²) < 4.78 is 18.1. The molecule has 118 valence electrons. The van der Waals surface area contributed by atoms with Crippen molar-refractivity contribution in [1.29, 1.82) is 0 Å². The Morgan fingerprint density at radius 1 is 1.38 bits per heavy atom. The zero-order chi connectivity index (χ0) is 15.0. The normalized spacial score (nSPS) is 31.7. The molecule has 2 heterocycles. The molecule has 0 radical (unpaired) electrons. The number of nitrogens with zero attached hydrogens (tertiary/aromatic N) is 2. The van der Waals surface area contributed by atoms with Crippen molar-refractivity contribution in [3.8, 4) is 0 Å². The molecular weight excluding hydrogens is 275 g/mol. The van der Waals surface area contributed by atoms with E-state index in [-0.39, 0.29) is 6.54 Å². The minimum atomic E-state index is -1.57. The number of ether oxygens (including phenoxy) is 1. The van der Waals surface area contributed by atoms with Crippen molar-refractivity contribution >= 4 is 11.9 Å². The molecule has 1 saturated carbocycles. The molecule has 0 aromatic rings. The summed E-state index contributed by atoms with van der Waals surface area (Å²) in [5.74, 6) is -0.0809. The number of hydrogen-bond donors (Lipinski definition) is 0. The Kier molecular flexibility index (Phi) is 4.15. The van der Waals surface area contributed by atoms with Crippen LogP contribution in [0.15, 0.2) is 0 Å². The third-order valence-corrected chi connectivity index (χ3v) is 4.97. The first-order valence-electron chi connectivity index (χ1n) is 7.85. The highest BCUT2D eigenvalue weighted by Gasteiger charge is 2.45. The molecule has 0 aromatic carbocycles. The summed E-state index contributed by atoms with van der Waals surface area (Å²) in [5, 5.41) is 0. The summed E-state index contributed by atoms with van der Waals surface area (Å²) in [6.45, 7) is 1.63. The number of carbonyl (C=O) groups is 2. The van der Waals surface area contributed by atoms with Crippen LogP contribution in [0.4, 0.5) is 4.39 Å². The molecule has 0 bridgehead atoms. The number of esters is 1. The van der Waals surface area contributed by atoms with E-state index in [0.29, 0.717) is 30.3 Å². The Bertz CT molecular complexity index is 427. The highest BCUT2D eigenvalue weighted by atomic mass is 19.1. The van der Waals surface area contributed by atoms with Crippen LogP contribution in [-0.4, -0.2) is 66.7 Å². The second kappa shape index (κ2) is 5.91. The van der Waals surface area contributed by atoms with Gasteiger partial charge in [0, 0.05) is 38.1 Å². The van der Waals surface area contributed by atoms with Crippen molar-refractivity contribution in [2.24, 2.45) is 5.92 Å². The third kappa shape index (κ3) is 3.05. The molecular formula is C15H23FN2O3. The monoisotopic (exact) mass is 298 g/mol. The Morgan fingerprint density at radius 3 is 2.81 bits per heavy atom. The second-order valence-corrected chi connectivity index (χ2v) is 6.44. The quantitative estimate of drug-likeness (QED) is 0.726. The number of halogens is 1. The maximum Gasteiger partial charge on any atom is 0.341 e. The van der Waals surface area contributed by atoms with E-state index < -0.39 is 12.1 Å². The van der Waals surface area contributed by atoms with Crippen LogP contribution in [0.25, 0.3) is 0 Å². The predicted octanol–water partition coefficient (Wildman–Crippen LogP) is 0.973. The van der Waals surface area contributed by atoms with E-state index in [4.69, 9.17) is 0 Å². The molecule has 0 unspecified atom stereocenters. The van der Waals surface area contributed by atoms with Crippen molar-refractivity contribution in [3.63, 3.8) is 0 Å². The number of methoxy groups -OCH3 is 1. The van der Waals surface area contributed by atoms with Crippen molar-refractivity contribution < 1.29 is 18.7 Å². The lowest BCUT2D eigenvalue weighted by molar-refractivity contribution is -0.148. The third-order valence-electron chi connectivity index (χ3n) is 4.97. The largest absolute Gasteiger partial charge is 0.467 e. The van der Waals surface area contributed by atoms with Crippen LogP contribution in [-0.2, 0) is 14.3 Å². The summed E-state index contributed by atoms with van der Waals surface area (Å²) in [5.41, 5.74) is 0. The number of fused-ring (bicyclic) bond motifs is 1. The SMILES string of the molecule is COC(=O)[C@H](F)CN1CC[C@H]2[C@H](CCC(=O)N2C2CC2)C1. The van der Waals surface area contributed by atoms with Gasteiger partial charge in [-0.1, -0.05) is 0 Å². The molecule has 0 spiro atoms. The van der Waals surface area contributed by atoms with Gasteiger partial charge in [0.1, 0.15) is 0 Å². The maximum absolute atomic E-state index is 13.7. The second-order valence-electron chi connectivity index (χ2n) is 6.44. The number of alkyl halides is 1. The molecule has 21 heavy (non-hydrogen) atoms. The van der Waals surface area contributed by atoms with E-state index >= 15 is 0 Å². The summed E-state index contributed by atoms with van der Waals surface area (Å²) in [6.07, 6.45) is 3.08. The predicted molar refractivity (Wildman–Crippen MR) is 74.3 cm³/mol. The standard InChI is InChI=1S/C15H23FN2O3/c1-21-15(20)12(16)9-17-7-6-13-10(8-17)2-5-14(19)18(13)11-3-4-11/h10-13H,2-9H2,1H3/t10-,12-,13+/m1/s1. The molecule has 0 aromatic heterocycles. The van der Waals surface area contributed by atoms with Gasteiger partial charge in [-0.25, -0.2) is 9.18 Å². The number of likely N-dealkylation sites (tertiary alicyclic amines) is 2. The smallest absolute Gasteiger partial charge is 0.341 e. The lowest BCUT2D eigenvalue weighted by atomic mass is 9.83. The lowest BCUT2D eigenvalue weighted by Gasteiger charge is -2.47. The minimum Gasteiger partial charge on any atom is -0.467 e. The van der Waals surface area contributed by atoms with Crippen molar-refractivity contribution in [3.05, 3.63) is 0 Å². The number of piperidine rings is 2. The van der Waals surface area contributed by atoms with E-state index in [9.17, 15) is 14.0 Å². The Labute approximate surface area is 124 Å². The molecule has 1 amide bonds. The highest BCUT2D eigenvalue weighted by Crippen LogP contribution is 2.38. The van der Waals surface area contributed by atoms with E-state index in [1.807, 2.05) is 4.90 Å². The topological polar surface area (TPSA) is 49.9 Å². The van der Waals surface area contributed by atoms with Gasteiger partial charge in [-0.3, -0.25) is 9.69 Å². The number of rotatable bonds is 4. The summed E-state index contributed by atoms with van der Waals surface area (Å²) in [7, 11) is 1.21. The van der Waals surface area contributed by atoms with Crippen LogP contribution in [0, 0.1) is 5.92 Å². The Balaban J connectivity index is 1.58. The molecule has 3 atom stereocenters. The zero-order valence-electron chi connectivity index (χ0n) is 12.5. The molecule has 1 aliphatic carbocycles. The molecule has 0 N–H and O–H groups in total. The molecule has 6 heteroatoms. The summed E-state index contributed by atoms with van der Waals surface area (Å²) >= 11 is 0. The molecule has 2 aliphatic heterocycles. The zero-order valence-corrected chi connectivity index (χ0v) is 12.5. The van der Waals surface area contributed by atoms with Gasteiger partial charge in [-0.15, -0.1) is 0 Å². The van der Waals surface area contributed by atoms with E-state index in [1.165, 1.54) is 7.11 Å². The molecule has 5 nitrogen and oxygen atoms in total. The molecule has 2 saturated heterocycles. The van der Waals surface area contributed by atoms with Gasteiger partial charge in [-0.2, -0.15) is 0 Å². The van der Waals surface area contributed by atoms with Crippen LogP contribution in [0.3, 0.4) is 0 Å². The van der Waals surface area contributed by atoms with Crippen LogP contribution >= 0.6 is 0 Å². The molecule has 3 aliphatic rings. The first-order valence-corrected chi connectivity index (χ1v) is 7.85. The van der Waals surface area contributed by atoms with Crippen molar-refractivity contribution in [2.75, 3.05) is 26.7 Å². The van der Waals surface area contributed by atoms with Gasteiger partial charge in [0.25, 0.3) is 0 Å². The first-order chi connectivity index (χ1) is 10.1. The van der Waals surface area contributed by atoms with Crippen LogP contribution in [0.1, 0.15) is 32.1 Å². The Morgan fingerprint density at radius 2 is 2.14 bits per heavy atom. The molecule has 3 rings (SSSR count). The van der Waals surface area contributed by atoms with Gasteiger partial charge < -0.3 is 9.64 Å². The molecule has 3 fully saturated rings. The summed E-state index contributed by atoms with van der Waals surface area (Å²) in [6, 6.07) is 0.784. The minimum absolute atomic E-state index is 0.104. The fraction of sp³-hybridized carbons (Fsp3) is 0.867. The van der Waals surface area contributed by atoms with Gasteiger partial charge in [0.05, 0.1) is 7.11 Å². The Hall–Kier alpha value is -1.17. The fourth-order valence-corrected chi connectivity index (χ4v) is 3.79.